The maximum Gasteiger partial charge on any atom is 0.418 e. The number of hydrogen-bond donors (Lipinski definition) is 3. The molecule has 1 aliphatic carbocycles. The summed E-state index contributed by atoms with van der Waals surface area (Å²) >= 11 is 0. The number of anilines is 2. The quantitative estimate of drug-likeness (QED) is 0.643. The monoisotopic (exact) mass is 418 g/mol. The van der Waals surface area contributed by atoms with Crippen LogP contribution < -0.4 is 16.4 Å². The summed E-state index contributed by atoms with van der Waals surface area (Å²) in [6, 6.07) is 5.50. The van der Waals surface area contributed by atoms with Gasteiger partial charge in [-0.05, 0) is 49.6 Å². The van der Waals surface area contributed by atoms with Crippen molar-refractivity contribution in [2.24, 2.45) is 5.73 Å². The van der Waals surface area contributed by atoms with E-state index in [1.165, 1.54) is 12.3 Å². The summed E-state index contributed by atoms with van der Waals surface area (Å²) in [6.07, 6.45) is -1.14. The molecule has 5 nitrogen and oxygen atoms in total. The van der Waals surface area contributed by atoms with Gasteiger partial charge in [0.15, 0.2) is 0 Å². The zero-order valence-electron chi connectivity index (χ0n) is 14.6. The van der Waals surface area contributed by atoms with Crippen LogP contribution in [0.1, 0.15) is 30.5 Å². The predicted molar refractivity (Wildman–Crippen MR) is 98.8 cm³/mol. The van der Waals surface area contributed by atoms with E-state index in [1.54, 1.807) is 6.07 Å². The molecule has 3 rings (SSSR count). The summed E-state index contributed by atoms with van der Waals surface area (Å²) in [4.78, 5) is 16.1. The van der Waals surface area contributed by atoms with Gasteiger partial charge in [-0.3, -0.25) is 9.78 Å². The van der Waals surface area contributed by atoms with E-state index in [0.717, 1.165) is 18.6 Å². The van der Waals surface area contributed by atoms with Crippen molar-refractivity contribution in [3.05, 3.63) is 53.6 Å². The van der Waals surface area contributed by atoms with Crippen LogP contribution in [0, 0.1) is 5.82 Å². The first kappa shape index (κ1) is 21.9. The highest BCUT2D eigenvalue weighted by Crippen LogP contribution is 2.36. The lowest BCUT2D eigenvalue weighted by Crippen LogP contribution is -2.58. The van der Waals surface area contributed by atoms with E-state index >= 15 is 0 Å². The molecule has 10 heteroatoms. The van der Waals surface area contributed by atoms with E-state index in [0.29, 0.717) is 30.3 Å². The molecule has 1 fully saturated rings. The number of aromatic nitrogens is 1. The number of nitrogens with two attached hydrogens (primary N) is 1. The molecule has 0 radical (unpaired) electrons. The second-order valence-corrected chi connectivity index (χ2v) is 6.54. The number of amides is 1. The molecule has 0 aliphatic heterocycles. The molecule has 1 aromatic heterocycles. The number of alkyl halides is 3. The SMILES string of the molecule is Cl.NC1(C(=O)NCc2ccc(Nc3ccc(F)cc3C(F)(F)F)cn2)CCC1. The maximum absolute atomic E-state index is 13.1. The maximum atomic E-state index is 13.1. The minimum absolute atomic E-state index is 0. The number of halogens is 5. The minimum atomic E-state index is -4.69. The third-order valence-corrected chi connectivity index (χ3v) is 4.52. The molecule has 1 amide bonds. The van der Waals surface area contributed by atoms with Gasteiger partial charge in [0.05, 0.1) is 40.9 Å². The van der Waals surface area contributed by atoms with Crippen molar-refractivity contribution in [1.29, 1.82) is 0 Å². The molecule has 1 saturated carbocycles. The summed E-state index contributed by atoms with van der Waals surface area (Å²) < 4.78 is 52.2. The van der Waals surface area contributed by atoms with Gasteiger partial charge in [-0.2, -0.15) is 13.2 Å². The Morgan fingerprint density at radius 2 is 1.93 bits per heavy atom. The molecular weight excluding hydrogens is 400 g/mol. The highest BCUT2D eigenvalue weighted by Gasteiger charge is 2.39. The van der Waals surface area contributed by atoms with Gasteiger partial charge in [-0.1, -0.05) is 0 Å². The second kappa shape index (κ2) is 8.32. The topological polar surface area (TPSA) is 80.0 Å². The molecule has 28 heavy (non-hydrogen) atoms. The zero-order valence-corrected chi connectivity index (χ0v) is 15.5. The van der Waals surface area contributed by atoms with E-state index in [9.17, 15) is 22.4 Å². The summed E-state index contributed by atoms with van der Waals surface area (Å²) in [5.41, 5.74) is 4.57. The molecule has 0 unspecified atom stereocenters. The van der Waals surface area contributed by atoms with Gasteiger partial charge < -0.3 is 16.4 Å². The molecular formula is C18H19ClF4N4O. The van der Waals surface area contributed by atoms with Gasteiger partial charge >= 0.3 is 6.18 Å². The Kier molecular flexibility index (Phi) is 6.51. The molecule has 152 valence electrons. The number of rotatable bonds is 5. The van der Waals surface area contributed by atoms with Crippen LogP contribution in [0.25, 0.3) is 0 Å². The van der Waals surface area contributed by atoms with Crippen LogP contribution in [0.15, 0.2) is 36.5 Å². The standard InChI is InChI=1S/C18H18F4N4O.ClH/c19-11-2-5-15(14(8-11)18(20,21)22)26-13-4-3-12(24-10-13)9-25-16(27)17(23)6-1-7-17;/h2-5,8,10,26H,1,6-7,9,23H2,(H,25,27);1H. The van der Waals surface area contributed by atoms with Crippen molar-refractivity contribution < 1.29 is 22.4 Å². The van der Waals surface area contributed by atoms with E-state index in [1.807, 2.05) is 0 Å². The number of carbonyl (C=O) groups is 1. The van der Waals surface area contributed by atoms with Crippen molar-refractivity contribution in [3.63, 3.8) is 0 Å². The Morgan fingerprint density at radius 3 is 2.46 bits per heavy atom. The number of nitrogens with zero attached hydrogens (tertiary/aromatic N) is 1. The molecule has 1 aromatic carbocycles. The highest BCUT2D eigenvalue weighted by molar-refractivity contribution is 5.87. The van der Waals surface area contributed by atoms with Gasteiger partial charge in [0.2, 0.25) is 5.91 Å². The number of nitrogens with one attached hydrogen (secondary N) is 2. The Morgan fingerprint density at radius 1 is 1.21 bits per heavy atom. The molecule has 0 atom stereocenters. The Balaban J connectivity index is 0.00000280. The van der Waals surface area contributed by atoms with Gasteiger partial charge in [0, 0.05) is 0 Å². The van der Waals surface area contributed by atoms with Crippen LogP contribution in [0.5, 0.6) is 0 Å². The van der Waals surface area contributed by atoms with Crippen LogP contribution >= 0.6 is 12.4 Å². The van der Waals surface area contributed by atoms with Crippen molar-refractivity contribution in [2.45, 2.75) is 37.5 Å². The smallest absolute Gasteiger partial charge is 0.354 e. The first-order valence-corrected chi connectivity index (χ1v) is 8.33. The molecule has 2 aromatic rings. The van der Waals surface area contributed by atoms with Gasteiger partial charge in [0.1, 0.15) is 5.82 Å². The lowest BCUT2D eigenvalue weighted by atomic mass is 9.77. The van der Waals surface area contributed by atoms with Crippen LogP contribution in [0.3, 0.4) is 0 Å². The molecule has 0 spiro atoms. The van der Waals surface area contributed by atoms with Crippen LogP contribution in [0.4, 0.5) is 28.9 Å². The zero-order chi connectivity index (χ0) is 19.7. The molecule has 4 N–H and O–H groups in total. The number of hydrogen-bond acceptors (Lipinski definition) is 4. The molecule has 1 aliphatic rings. The van der Waals surface area contributed by atoms with E-state index < -0.39 is 23.1 Å². The predicted octanol–water partition coefficient (Wildman–Crippen LogP) is 3.90. The summed E-state index contributed by atoms with van der Waals surface area (Å²) in [7, 11) is 0. The average molecular weight is 419 g/mol. The fraction of sp³-hybridized carbons (Fsp3) is 0.333. The fourth-order valence-corrected chi connectivity index (χ4v) is 2.75. The average Bonchev–Trinajstić information content (AvgIpc) is 2.59. The van der Waals surface area contributed by atoms with Gasteiger partial charge in [-0.15, -0.1) is 12.4 Å². The first-order valence-electron chi connectivity index (χ1n) is 8.33. The highest BCUT2D eigenvalue weighted by atomic mass is 35.5. The van der Waals surface area contributed by atoms with Crippen LogP contribution in [-0.4, -0.2) is 16.4 Å². The fourth-order valence-electron chi connectivity index (χ4n) is 2.75. The summed E-state index contributed by atoms with van der Waals surface area (Å²) in [5.74, 6) is -1.21. The Labute approximate surface area is 165 Å². The van der Waals surface area contributed by atoms with E-state index in [4.69, 9.17) is 5.73 Å². The van der Waals surface area contributed by atoms with Crippen LogP contribution in [-0.2, 0) is 17.5 Å². The normalized spacial score (nSPS) is 15.2. The van der Waals surface area contributed by atoms with Crippen molar-refractivity contribution in [3.8, 4) is 0 Å². The van der Waals surface area contributed by atoms with Gasteiger partial charge in [0.25, 0.3) is 0 Å². The van der Waals surface area contributed by atoms with Gasteiger partial charge in [-0.25, -0.2) is 4.39 Å². The van der Waals surface area contributed by atoms with Crippen molar-refractivity contribution in [1.82, 2.24) is 10.3 Å². The summed E-state index contributed by atoms with van der Waals surface area (Å²) in [6.45, 7) is 0.169. The Bertz CT molecular complexity index is 838. The van der Waals surface area contributed by atoms with Crippen molar-refractivity contribution >= 4 is 29.7 Å². The lowest BCUT2D eigenvalue weighted by Gasteiger charge is -2.36. The largest absolute Gasteiger partial charge is 0.418 e. The van der Waals surface area contributed by atoms with Crippen molar-refractivity contribution in [2.75, 3.05) is 5.32 Å². The van der Waals surface area contributed by atoms with Crippen LogP contribution in [0.2, 0.25) is 0 Å². The molecule has 0 saturated heterocycles. The Hall–Kier alpha value is -2.39. The third-order valence-electron chi connectivity index (χ3n) is 4.52. The number of benzene rings is 1. The van der Waals surface area contributed by atoms with E-state index in [-0.39, 0.29) is 30.5 Å². The lowest BCUT2D eigenvalue weighted by molar-refractivity contribution is -0.137. The number of carbonyl (C=O) groups excluding carboxylic acids is 1. The summed E-state index contributed by atoms with van der Waals surface area (Å²) in [5, 5.41) is 5.29. The number of pyridine rings is 1. The molecule has 0 bridgehead atoms. The minimum Gasteiger partial charge on any atom is -0.354 e. The van der Waals surface area contributed by atoms with E-state index in [2.05, 4.69) is 15.6 Å². The second-order valence-electron chi connectivity index (χ2n) is 6.54. The third kappa shape index (κ3) is 4.90. The molecule has 1 heterocycles. The first-order chi connectivity index (χ1) is 12.7.